The van der Waals surface area contributed by atoms with Gasteiger partial charge < -0.3 is 14.6 Å². The molecule has 0 aliphatic heterocycles. The Morgan fingerprint density at radius 2 is 1.94 bits per heavy atom. The molecule has 0 spiro atoms. The Hall–Kier alpha value is -3.27. The zero-order chi connectivity index (χ0) is 25.2. The molecule has 2 heterocycles. The Bertz CT molecular complexity index is 1340. The number of rotatable bonds is 10. The lowest BCUT2D eigenvalue weighted by molar-refractivity contribution is 0.0522. The van der Waals surface area contributed by atoms with E-state index in [-0.39, 0.29) is 5.15 Å². The van der Waals surface area contributed by atoms with Gasteiger partial charge in [-0.15, -0.1) is 5.10 Å². The largest absolute Gasteiger partial charge is 0.497 e. The number of ether oxygens (including phenoxy) is 2. The van der Waals surface area contributed by atoms with Crippen LogP contribution in [0.25, 0.3) is 5.69 Å². The van der Waals surface area contributed by atoms with Gasteiger partial charge in [0.25, 0.3) is 0 Å². The van der Waals surface area contributed by atoms with Crippen molar-refractivity contribution in [3.63, 3.8) is 0 Å². The minimum Gasteiger partial charge on any atom is -0.497 e. The molecular formula is C26H27ClFN5O3. The molecule has 0 amide bonds. The molecule has 0 saturated heterocycles. The zero-order valence-electron chi connectivity index (χ0n) is 20.0. The minimum atomic E-state index is -1.12. The van der Waals surface area contributed by atoms with E-state index in [2.05, 4.69) is 15.4 Å². The molecule has 2 aromatic heterocycles. The second-order valence-electron chi connectivity index (χ2n) is 9.02. The molecule has 8 nitrogen and oxygen atoms in total. The van der Waals surface area contributed by atoms with E-state index < -0.39 is 18.0 Å². The van der Waals surface area contributed by atoms with Crippen molar-refractivity contribution in [2.24, 2.45) is 5.92 Å². The molecule has 1 aliphatic carbocycles. The summed E-state index contributed by atoms with van der Waals surface area (Å²) in [6.45, 7) is 2.94. The number of halogens is 2. The fraction of sp³-hybridized carbons (Fsp3) is 0.346. The highest BCUT2D eigenvalue weighted by Crippen LogP contribution is 2.33. The van der Waals surface area contributed by atoms with Gasteiger partial charge in [-0.3, -0.25) is 4.68 Å². The number of hydrogen-bond acceptors (Lipinski definition) is 6. The molecule has 2 aromatic carbocycles. The molecule has 2 atom stereocenters. The molecule has 36 heavy (non-hydrogen) atoms. The third kappa shape index (κ3) is 5.43. The highest BCUT2D eigenvalue weighted by Gasteiger charge is 2.26. The van der Waals surface area contributed by atoms with Gasteiger partial charge in [-0.1, -0.05) is 28.9 Å². The number of methoxy groups -OCH3 is 1. The van der Waals surface area contributed by atoms with Crippen LogP contribution in [0.15, 0.2) is 54.7 Å². The highest BCUT2D eigenvalue weighted by molar-refractivity contribution is 6.29. The van der Waals surface area contributed by atoms with Gasteiger partial charge in [-0.2, -0.15) is 5.10 Å². The van der Waals surface area contributed by atoms with Crippen molar-refractivity contribution >= 4 is 11.6 Å². The minimum absolute atomic E-state index is 0.191. The summed E-state index contributed by atoms with van der Waals surface area (Å²) < 4.78 is 28.8. The van der Waals surface area contributed by atoms with Crippen LogP contribution in [0, 0.1) is 11.7 Å². The molecule has 1 aliphatic rings. The fourth-order valence-corrected chi connectivity index (χ4v) is 4.26. The first kappa shape index (κ1) is 24.4. The molecular weight excluding hydrogens is 485 g/mol. The lowest BCUT2D eigenvalue weighted by atomic mass is 10.1. The van der Waals surface area contributed by atoms with Crippen molar-refractivity contribution in [2.45, 2.75) is 45.1 Å². The Balaban J connectivity index is 1.41. The van der Waals surface area contributed by atoms with E-state index in [4.69, 9.17) is 21.1 Å². The quantitative estimate of drug-likeness (QED) is 0.321. The summed E-state index contributed by atoms with van der Waals surface area (Å²) in [7, 11) is 1.61. The zero-order valence-corrected chi connectivity index (χ0v) is 20.8. The van der Waals surface area contributed by atoms with Crippen LogP contribution in [-0.4, -0.2) is 37.0 Å². The lowest BCUT2D eigenvalue weighted by Gasteiger charge is -2.20. The Morgan fingerprint density at radius 3 is 2.67 bits per heavy atom. The number of nitrogens with zero attached hydrogens (tertiary/aromatic N) is 5. The van der Waals surface area contributed by atoms with Crippen LogP contribution < -0.4 is 4.74 Å². The molecule has 0 radical (unpaired) electrons. The number of benzene rings is 2. The van der Waals surface area contributed by atoms with E-state index in [1.807, 2.05) is 31.2 Å². The Kier molecular flexibility index (Phi) is 7.04. The van der Waals surface area contributed by atoms with Gasteiger partial charge in [0, 0.05) is 18.2 Å². The maximum atomic E-state index is 14.3. The predicted octanol–water partition coefficient (Wildman–Crippen LogP) is 5.03. The summed E-state index contributed by atoms with van der Waals surface area (Å²) >= 11 is 6.26. The van der Waals surface area contributed by atoms with E-state index >= 15 is 0 Å². The molecule has 188 valence electrons. The van der Waals surface area contributed by atoms with Crippen molar-refractivity contribution in [3.8, 4) is 11.4 Å². The van der Waals surface area contributed by atoms with Gasteiger partial charge >= 0.3 is 0 Å². The Morgan fingerprint density at radius 1 is 1.17 bits per heavy atom. The second-order valence-corrected chi connectivity index (χ2v) is 9.41. The number of aliphatic hydroxyl groups excluding tert-OH is 1. The summed E-state index contributed by atoms with van der Waals surface area (Å²) in [5.74, 6) is 0.975. The van der Waals surface area contributed by atoms with Crippen LogP contribution in [-0.2, 0) is 17.9 Å². The van der Waals surface area contributed by atoms with E-state index in [1.165, 1.54) is 29.7 Å². The van der Waals surface area contributed by atoms with Crippen molar-refractivity contribution in [1.29, 1.82) is 0 Å². The topological polar surface area (TPSA) is 87.2 Å². The molecule has 5 rings (SSSR count). The van der Waals surface area contributed by atoms with Crippen molar-refractivity contribution in [1.82, 2.24) is 24.8 Å². The van der Waals surface area contributed by atoms with Gasteiger partial charge in [0.15, 0.2) is 5.15 Å². The summed E-state index contributed by atoms with van der Waals surface area (Å²) in [5, 5.41) is 24.0. The lowest BCUT2D eigenvalue weighted by Crippen LogP contribution is -2.13. The average molecular weight is 512 g/mol. The highest BCUT2D eigenvalue weighted by atomic mass is 35.5. The van der Waals surface area contributed by atoms with Gasteiger partial charge in [0.2, 0.25) is 0 Å². The molecule has 0 bridgehead atoms. The molecule has 1 fully saturated rings. The van der Waals surface area contributed by atoms with E-state index in [0.29, 0.717) is 35.2 Å². The Labute approximate surface area is 213 Å². The third-order valence-corrected chi connectivity index (χ3v) is 6.47. The van der Waals surface area contributed by atoms with E-state index in [9.17, 15) is 9.50 Å². The van der Waals surface area contributed by atoms with Crippen LogP contribution in [0.2, 0.25) is 5.15 Å². The maximum absolute atomic E-state index is 14.3. The second kappa shape index (κ2) is 10.4. The third-order valence-electron chi connectivity index (χ3n) is 6.28. The predicted molar refractivity (Wildman–Crippen MR) is 132 cm³/mol. The van der Waals surface area contributed by atoms with Crippen LogP contribution >= 0.6 is 11.6 Å². The van der Waals surface area contributed by atoms with Gasteiger partial charge in [0.05, 0.1) is 37.4 Å². The standard InChI is InChI=1S/C26H27ClFN5O3/c1-16(36-15-18-5-8-20(35-2)9-6-18)21-11-19(28)7-10-23(21)33-24(12-25(27)30-33)26(34)22-14-32(31-29-22)13-17-3-4-17/h5-12,14,16-17,26,34H,3-4,13,15H2,1-2H3/t16-,26?/m1/s1. The van der Waals surface area contributed by atoms with E-state index in [1.54, 1.807) is 30.1 Å². The van der Waals surface area contributed by atoms with Crippen molar-refractivity contribution in [3.05, 3.63) is 88.2 Å². The summed E-state index contributed by atoms with van der Waals surface area (Å²) in [6.07, 6.45) is 2.51. The fourth-order valence-electron chi connectivity index (χ4n) is 4.07. The summed E-state index contributed by atoms with van der Waals surface area (Å²) in [4.78, 5) is 0. The first-order valence-electron chi connectivity index (χ1n) is 11.8. The SMILES string of the molecule is COc1ccc(CO[C@H](C)c2cc(F)ccc2-n2nc(Cl)cc2C(O)c2cn(CC3CC3)nn2)cc1. The summed E-state index contributed by atoms with van der Waals surface area (Å²) in [5.41, 5.74) is 2.85. The van der Waals surface area contributed by atoms with Crippen molar-refractivity contribution < 1.29 is 19.0 Å². The van der Waals surface area contributed by atoms with Crippen LogP contribution in [0.4, 0.5) is 4.39 Å². The maximum Gasteiger partial charge on any atom is 0.151 e. The molecule has 4 aromatic rings. The monoisotopic (exact) mass is 511 g/mol. The normalized spacial score (nSPS) is 15.1. The average Bonchev–Trinajstić information content (AvgIpc) is 3.43. The number of aliphatic hydroxyl groups is 1. The van der Waals surface area contributed by atoms with Gasteiger partial charge in [-0.25, -0.2) is 9.07 Å². The number of hydrogen-bond donors (Lipinski definition) is 1. The molecule has 1 unspecified atom stereocenters. The number of aromatic nitrogens is 5. The summed E-state index contributed by atoms with van der Waals surface area (Å²) in [6, 6.07) is 13.5. The first-order chi connectivity index (χ1) is 17.4. The molecule has 1 N–H and O–H groups in total. The molecule has 1 saturated carbocycles. The first-order valence-corrected chi connectivity index (χ1v) is 12.2. The van der Waals surface area contributed by atoms with E-state index in [0.717, 1.165) is 17.9 Å². The molecule has 10 heteroatoms. The smallest absolute Gasteiger partial charge is 0.151 e. The van der Waals surface area contributed by atoms with Crippen LogP contribution in [0.1, 0.15) is 54.5 Å². The van der Waals surface area contributed by atoms with Crippen LogP contribution in [0.5, 0.6) is 5.75 Å². The van der Waals surface area contributed by atoms with Crippen molar-refractivity contribution in [2.75, 3.05) is 7.11 Å². The van der Waals surface area contributed by atoms with Gasteiger partial charge in [-0.05, 0) is 61.6 Å². The van der Waals surface area contributed by atoms with Crippen LogP contribution in [0.3, 0.4) is 0 Å². The van der Waals surface area contributed by atoms with Gasteiger partial charge in [0.1, 0.15) is 23.4 Å².